The third kappa shape index (κ3) is 2.33. The van der Waals surface area contributed by atoms with E-state index in [2.05, 4.69) is 27.4 Å². The molecule has 2 atom stereocenters. The van der Waals surface area contributed by atoms with Gasteiger partial charge in [-0.15, -0.1) is 9.24 Å². The van der Waals surface area contributed by atoms with Crippen molar-refractivity contribution in [2.45, 2.75) is 0 Å². The lowest BCUT2D eigenvalue weighted by Crippen LogP contribution is -2.07. The van der Waals surface area contributed by atoms with Crippen molar-refractivity contribution in [1.82, 2.24) is 0 Å². The van der Waals surface area contributed by atoms with Crippen molar-refractivity contribution in [1.29, 1.82) is 0 Å². The lowest BCUT2D eigenvalue weighted by atomic mass is 10.1. The smallest absolute Gasteiger partial charge is 0.0537 e. The molecule has 82 valence electrons. The minimum absolute atomic E-state index is 1.03. The minimum Gasteiger partial charge on any atom is -0.369 e. The largest absolute Gasteiger partial charge is 0.369 e. The van der Waals surface area contributed by atoms with Crippen LogP contribution in [0.4, 0.5) is 0 Å². The Morgan fingerprint density at radius 2 is 1.50 bits per heavy atom. The van der Waals surface area contributed by atoms with E-state index < -0.39 is 8.15 Å². The molecular formula is C13H14OP2. The highest BCUT2D eigenvalue weighted by Gasteiger charge is 2.10. The van der Waals surface area contributed by atoms with Crippen molar-refractivity contribution >= 4 is 28.0 Å². The van der Waals surface area contributed by atoms with E-state index in [1.807, 2.05) is 37.0 Å². The van der Waals surface area contributed by atoms with Crippen LogP contribution in [-0.4, -0.2) is 11.6 Å². The second kappa shape index (κ2) is 5.06. The monoisotopic (exact) mass is 248 g/mol. The maximum atomic E-state index is 9.81. The van der Waals surface area contributed by atoms with Crippen LogP contribution in [0, 0.1) is 0 Å². The Labute approximate surface area is 99.6 Å². The van der Waals surface area contributed by atoms with Gasteiger partial charge in [-0.05, 0) is 23.1 Å². The van der Waals surface area contributed by atoms with Crippen LogP contribution in [0.1, 0.15) is 0 Å². The van der Waals surface area contributed by atoms with Gasteiger partial charge in [0.2, 0.25) is 0 Å². The van der Waals surface area contributed by atoms with Crippen LogP contribution < -0.4 is 10.6 Å². The summed E-state index contributed by atoms with van der Waals surface area (Å²) in [5.74, 6) is 0. The first-order chi connectivity index (χ1) is 7.70. The molecule has 2 unspecified atom stereocenters. The molecule has 0 spiro atoms. The summed E-state index contributed by atoms with van der Waals surface area (Å²) in [4.78, 5) is 9.81. The lowest BCUT2D eigenvalue weighted by molar-refractivity contribution is 0.641. The first kappa shape index (κ1) is 11.7. The van der Waals surface area contributed by atoms with E-state index in [9.17, 15) is 4.89 Å². The topological polar surface area (TPSA) is 20.2 Å². The highest BCUT2D eigenvalue weighted by Crippen LogP contribution is 2.29. The summed E-state index contributed by atoms with van der Waals surface area (Å²) in [7, 11) is 1.68. The average Bonchev–Trinajstić information content (AvgIpc) is 2.29. The van der Waals surface area contributed by atoms with Gasteiger partial charge in [-0.2, -0.15) is 0 Å². The van der Waals surface area contributed by atoms with E-state index in [0.717, 1.165) is 16.2 Å². The zero-order valence-corrected chi connectivity index (χ0v) is 11.1. The Balaban J connectivity index is 2.60. The molecule has 0 heterocycles. The predicted octanol–water partition coefficient (Wildman–Crippen LogP) is 2.50. The van der Waals surface area contributed by atoms with Gasteiger partial charge in [0.05, 0.1) is 8.15 Å². The van der Waals surface area contributed by atoms with Gasteiger partial charge in [-0.3, -0.25) is 0 Å². The molecule has 0 aliphatic carbocycles. The Bertz CT molecular complexity index is 495. The van der Waals surface area contributed by atoms with Gasteiger partial charge in [-0.1, -0.05) is 48.5 Å². The molecule has 0 fully saturated rings. The summed E-state index contributed by atoms with van der Waals surface area (Å²) in [5.41, 5.74) is 2.30. The molecule has 0 radical (unpaired) electrons. The normalized spacial score (nSPS) is 12.4. The van der Waals surface area contributed by atoms with Crippen LogP contribution in [0.3, 0.4) is 0 Å². The van der Waals surface area contributed by atoms with Crippen LogP contribution in [0.15, 0.2) is 48.5 Å². The van der Waals surface area contributed by atoms with Crippen LogP contribution >= 0.6 is 17.4 Å². The van der Waals surface area contributed by atoms with Crippen LogP contribution in [0.2, 0.25) is 0 Å². The maximum absolute atomic E-state index is 9.81. The fourth-order valence-corrected chi connectivity index (χ4v) is 2.93. The SMILES string of the molecule is CP(O)c1ccccc1-c1ccccc1P. The summed E-state index contributed by atoms with van der Waals surface area (Å²) < 4.78 is 0. The molecule has 1 N–H and O–H groups in total. The summed E-state index contributed by atoms with van der Waals surface area (Å²) >= 11 is 0. The Morgan fingerprint density at radius 3 is 2.12 bits per heavy atom. The molecule has 1 nitrogen and oxygen atoms in total. The van der Waals surface area contributed by atoms with Gasteiger partial charge in [-0.25, -0.2) is 0 Å². The zero-order valence-electron chi connectivity index (χ0n) is 9.09. The molecule has 0 bridgehead atoms. The predicted molar refractivity (Wildman–Crippen MR) is 75.9 cm³/mol. The van der Waals surface area contributed by atoms with Crippen LogP contribution in [0.25, 0.3) is 11.1 Å². The molecule has 2 rings (SSSR count). The van der Waals surface area contributed by atoms with Gasteiger partial charge in [0.1, 0.15) is 0 Å². The van der Waals surface area contributed by atoms with Gasteiger partial charge in [0, 0.05) is 5.30 Å². The molecule has 0 amide bonds. The van der Waals surface area contributed by atoms with Gasteiger partial charge in [0.15, 0.2) is 0 Å². The average molecular weight is 248 g/mol. The van der Waals surface area contributed by atoms with Crippen molar-refractivity contribution in [3.8, 4) is 11.1 Å². The van der Waals surface area contributed by atoms with E-state index in [1.165, 1.54) is 5.56 Å². The molecule has 0 aliphatic heterocycles. The molecule has 0 saturated heterocycles. The van der Waals surface area contributed by atoms with Crippen LogP contribution in [-0.2, 0) is 0 Å². The number of hydrogen-bond acceptors (Lipinski definition) is 1. The van der Waals surface area contributed by atoms with E-state index in [-0.39, 0.29) is 0 Å². The molecule has 16 heavy (non-hydrogen) atoms. The van der Waals surface area contributed by atoms with Crippen molar-refractivity contribution in [3.63, 3.8) is 0 Å². The summed E-state index contributed by atoms with van der Waals surface area (Å²) in [6.45, 7) is 1.86. The lowest BCUT2D eigenvalue weighted by Gasteiger charge is -2.13. The highest BCUT2D eigenvalue weighted by molar-refractivity contribution is 7.59. The van der Waals surface area contributed by atoms with E-state index in [1.54, 1.807) is 0 Å². The summed E-state index contributed by atoms with van der Waals surface area (Å²) in [6, 6.07) is 16.2. The summed E-state index contributed by atoms with van der Waals surface area (Å²) in [6.07, 6.45) is 0. The van der Waals surface area contributed by atoms with Crippen LogP contribution in [0.5, 0.6) is 0 Å². The summed E-state index contributed by atoms with van der Waals surface area (Å²) in [5, 5.41) is 2.19. The first-order valence-electron chi connectivity index (χ1n) is 5.06. The quantitative estimate of drug-likeness (QED) is 0.809. The second-order valence-electron chi connectivity index (χ2n) is 3.63. The Morgan fingerprint density at radius 1 is 0.938 bits per heavy atom. The number of benzene rings is 2. The van der Waals surface area contributed by atoms with Crippen molar-refractivity contribution in [2.24, 2.45) is 0 Å². The van der Waals surface area contributed by atoms with Gasteiger partial charge < -0.3 is 4.89 Å². The van der Waals surface area contributed by atoms with Crippen molar-refractivity contribution in [2.75, 3.05) is 6.66 Å². The molecule has 0 aromatic heterocycles. The fourth-order valence-electron chi connectivity index (χ4n) is 1.73. The van der Waals surface area contributed by atoms with Gasteiger partial charge in [0.25, 0.3) is 0 Å². The maximum Gasteiger partial charge on any atom is 0.0537 e. The third-order valence-corrected chi connectivity index (χ3v) is 4.09. The van der Waals surface area contributed by atoms with Gasteiger partial charge >= 0.3 is 0 Å². The molecule has 2 aromatic rings. The van der Waals surface area contributed by atoms with E-state index in [0.29, 0.717) is 0 Å². The van der Waals surface area contributed by atoms with E-state index in [4.69, 9.17) is 0 Å². The number of rotatable bonds is 2. The highest BCUT2D eigenvalue weighted by atomic mass is 31.1. The Hall–Kier alpha value is -0.740. The second-order valence-corrected chi connectivity index (χ2v) is 5.78. The Kier molecular flexibility index (Phi) is 3.71. The standard InChI is InChI=1S/C13H14OP2/c1-16(14)13-9-5-3-7-11(13)10-6-2-4-8-12(10)15/h2-9,14H,15H2,1H3. The van der Waals surface area contributed by atoms with Crippen molar-refractivity contribution < 1.29 is 4.89 Å². The first-order valence-corrected chi connectivity index (χ1v) is 7.38. The molecule has 0 aliphatic rings. The zero-order chi connectivity index (χ0) is 11.5. The fraction of sp³-hybridized carbons (Fsp3) is 0.0769. The third-order valence-electron chi connectivity index (χ3n) is 2.50. The molecule has 2 aromatic carbocycles. The minimum atomic E-state index is -1.06. The number of hydrogen-bond donors (Lipinski definition) is 1. The molecule has 3 heteroatoms. The molecule has 0 saturated carbocycles. The van der Waals surface area contributed by atoms with Crippen molar-refractivity contribution in [3.05, 3.63) is 48.5 Å². The van der Waals surface area contributed by atoms with E-state index >= 15 is 0 Å². The molecular weight excluding hydrogens is 234 g/mol.